The first-order chi connectivity index (χ1) is 16.0. The Balaban J connectivity index is 2.99. The van der Waals surface area contributed by atoms with Crippen LogP contribution in [0.5, 0.6) is 23.0 Å². The smallest absolute Gasteiger partial charge is 0.497 e. The van der Waals surface area contributed by atoms with Gasteiger partial charge in [0.1, 0.15) is 28.6 Å². The van der Waals surface area contributed by atoms with Crippen molar-refractivity contribution in [3.63, 3.8) is 0 Å². The van der Waals surface area contributed by atoms with E-state index in [9.17, 15) is 4.79 Å². The number of rotatable bonds is 6. The zero-order chi connectivity index (χ0) is 26.8. The zero-order valence-electron chi connectivity index (χ0n) is 22.6. The van der Waals surface area contributed by atoms with Crippen LogP contribution in [0.2, 0.25) is 0 Å². The first kappa shape index (κ1) is 29.1. The summed E-state index contributed by atoms with van der Waals surface area (Å²) >= 11 is 6.09. The van der Waals surface area contributed by atoms with Gasteiger partial charge in [0.2, 0.25) is 0 Å². The molecule has 2 aromatic carbocycles. The largest absolute Gasteiger partial charge is 0.514 e. The SMILES string of the molecule is COc1cc(-c2cc(OC)cc(C(C)(C)C)c2OC(=O)OC(C)(C)C)c(OPCl)c(C(C)(C)C)c1. The van der Waals surface area contributed by atoms with Gasteiger partial charge in [-0.1, -0.05) is 52.8 Å². The van der Waals surface area contributed by atoms with E-state index < -0.39 is 11.8 Å². The van der Waals surface area contributed by atoms with Crippen LogP contribution >= 0.6 is 19.4 Å². The van der Waals surface area contributed by atoms with Crippen molar-refractivity contribution in [2.24, 2.45) is 0 Å². The molecular formula is C27H38ClO6P. The maximum absolute atomic E-state index is 12.9. The van der Waals surface area contributed by atoms with Gasteiger partial charge in [-0.15, -0.1) is 0 Å². The third kappa shape index (κ3) is 7.41. The topological polar surface area (TPSA) is 63.2 Å². The highest BCUT2D eigenvalue weighted by Gasteiger charge is 2.31. The van der Waals surface area contributed by atoms with Gasteiger partial charge in [-0.05, 0) is 55.9 Å². The van der Waals surface area contributed by atoms with Crippen LogP contribution in [0.15, 0.2) is 24.3 Å². The normalized spacial score (nSPS) is 12.6. The standard InChI is InChI=1S/C27H38ClO6P/c1-25(2,3)20-14-16(30-10)12-18(22(20)32-24(29)33-27(7,8)9)19-13-17(31-11)15-21(26(4,5)6)23(19)34-35-28/h12-15,35H,1-11H3. The molecule has 6 nitrogen and oxygen atoms in total. The van der Waals surface area contributed by atoms with Crippen LogP contribution < -0.4 is 18.7 Å². The van der Waals surface area contributed by atoms with Crippen LogP contribution in [0, 0.1) is 0 Å². The molecule has 2 aromatic rings. The summed E-state index contributed by atoms with van der Waals surface area (Å²) in [6.07, 6.45) is -0.796. The highest BCUT2D eigenvalue weighted by molar-refractivity contribution is 7.64. The Bertz CT molecular complexity index is 1060. The quantitative estimate of drug-likeness (QED) is 0.215. The van der Waals surface area contributed by atoms with Crippen molar-refractivity contribution in [1.82, 2.24) is 0 Å². The number of carbonyl (C=O) groups is 1. The molecule has 0 fully saturated rings. The van der Waals surface area contributed by atoms with Crippen LogP contribution in [0.3, 0.4) is 0 Å². The molecule has 0 aliphatic carbocycles. The van der Waals surface area contributed by atoms with E-state index in [1.165, 1.54) is 0 Å². The Morgan fingerprint density at radius 1 is 0.743 bits per heavy atom. The summed E-state index contributed by atoms with van der Waals surface area (Å²) in [5, 5.41) is 0. The lowest BCUT2D eigenvalue weighted by Crippen LogP contribution is -2.27. The molecule has 35 heavy (non-hydrogen) atoms. The maximum Gasteiger partial charge on any atom is 0.514 e. The highest BCUT2D eigenvalue weighted by atomic mass is 35.7. The Labute approximate surface area is 216 Å². The number of halogens is 1. The number of hydrogen-bond donors (Lipinski definition) is 0. The summed E-state index contributed by atoms with van der Waals surface area (Å²) in [7, 11) is 2.90. The minimum Gasteiger partial charge on any atom is -0.497 e. The molecular weight excluding hydrogens is 487 g/mol. The van der Waals surface area contributed by atoms with Crippen molar-refractivity contribution in [3.05, 3.63) is 35.4 Å². The highest BCUT2D eigenvalue weighted by Crippen LogP contribution is 2.50. The zero-order valence-corrected chi connectivity index (χ0v) is 24.4. The summed E-state index contributed by atoms with van der Waals surface area (Å²) in [5.41, 5.74) is 1.57. The minimum absolute atomic E-state index is 0.285. The van der Waals surface area contributed by atoms with Crippen molar-refractivity contribution < 1.29 is 28.3 Å². The second kappa shape index (κ2) is 10.8. The van der Waals surface area contributed by atoms with Crippen LogP contribution in [-0.2, 0) is 15.6 Å². The minimum atomic E-state index is -0.796. The predicted octanol–water partition coefficient (Wildman–Crippen LogP) is 8.41. The lowest BCUT2D eigenvalue weighted by atomic mass is 9.81. The number of hydrogen-bond acceptors (Lipinski definition) is 6. The first-order valence-electron chi connectivity index (χ1n) is 11.4. The molecule has 2 rings (SSSR count). The second-order valence-electron chi connectivity index (χ2n) is 11.3. The fourth-order valence-corrected chi connectivity index (χ4v) is 4.10. The van der Waals surface area contributed by atoms with Crippen LogP contribution in [0.1, 0.15) is 73.4 Å². The number of benzene rings is 2. The summed E-state index contributed by atoms with van der Waals surface area (Å²) in [5.74, 6) is 2.21. The fourth-order valence-electron chi connectivity index (χ4n) is 3.57. The van der Waals surface area contributed by atoms with E-state index in [4.69, 9.17) is 34.7 Å². The molecule has 0 radical (unpaired) electrons. The van der Waals surface area contributed by atoms with E-state index in [0.29, 0.717) is 34.1 Å². The average Bonchev–Trinajstić information content (AvgIpc) is 2.71. The Morgan fingerprint density at radius 3 is 1.54 bits per heavy atom. The number of ether oxygens (including phenoxy) is 4. The molecule has 1 unspecified atom stereocenters. The Morgan fingerprint density at radius 2 is 1.17 bits per heavy atom. The average molecular weight is 525 g/mol. The van der Waals surface area contributed by atoms with Crippen molar-refractivity contribution in [1.29, 1.82) is 0 Å². The van der Waals surface area contributed by atoms with Gasteiger partial charge in [0.25, 0.3) is 0 Å². The molecule has 8 heteroatoms. The Hall–Kier alpha value is -2.17. The van der Waals surface area contributed by atoms with Gasteiger partial charge >= 0.3 is 6.16 Å². The molecule has 0 N–H and O–H groups in total. The van der Waals surface area contributed by atoms with Gasteiger partial charge in [-0.25, -0.2) is 4.79 Å². The summed E-state index contributed by atoms with van der Waals surface area (Å²) in [4.78, 5) is 12.9. The molecule has 0 aliphatic rings. The third-order valence-electron chi connectivity index (χ3n) is 5.22. The monoisotopic (exact) mass is 524 g/mol. The molecule has 0 heterocycles. The van der Waals surface area contributed by atoms with E-state index in [0.717, 1.165) is 11.1 Å². The Kier molecular flexibility index (Phi) is 9.00. The maximum atomic E-state index is 12.9. The molecule has 0 bridgehead atoms. The first-order valence-corrected chi connectivity index (χ1v) is 13.3. The lowest BCUT2D eigenvalue weighted by molar-refractivity contribution is 0.0204. The summed E-state index contributed by atoms with van der Waals surface area (Å²) in [6.45, 7) is 17.7. The summed E-state index contributed by atoms with van der Waals surface area (Å²) in [6, 6.07) is 7.48. The molecule has 0 aliphatic heterocycles. The van der Waals surface area contributed by atoms with Crippen LogP contribution in [0.4, 0.5) is 4.79 Å². The molecule has 0 saturated carbocycles. The molecule has 0 aromatic heterocycles. The number of methoxy groups -OCH3 is 2. The fraction of sp³-hybridized carbons (Fsp3) is 0.519. The van der Waals surface area contributed by atoms with Crippen molar-refractivity contribution >= 4 is 25.6 Å². The van der Waals surface area contributed by atoms with Crippen LogP contribution in [0.25, 0.3) is 11.1 Å². The second-order valence-corrected chi connectivity index (χ2v) is 12.2. The molecule has 0 amide bonds. The van der Waals surface area contributed by atoms with E-state index >= 15 is 0 Å². The third-order valence-corrected chi connectivity index (χ3v) is 5.73. The van der Waals surface area contributed by atoms with Gasteiger partial charge in [-0.3, -0.25) is 0 Å². The van der Waals surface area contributed by atoms with Crippen molar-refractivity contribution in [2.45, 2.75) is 78.7 Å². The molecule has 194 valence electrons. The van der Waals surface area contributed by atoms with E-state index in [1.54, 1.807) is 35.0 Å². The van der Waals surface area contributed by atoms with Gasteiger partial charge < -0.3 is 23.5 Å². The van der Waals surface area contributed by atoms with E-state index in [1.807, 2.05) is 45.0 Å². The molecule has 1 atom stereocenters. The summed E-state index contributed by atoms with van der Waals surface area (Å²) < 4.78 is 28.7. The number of carbonyl (C=O) groups excluding carboxylic acids is 1. The van der Waals surface area contributed by atoms with E-state index in [-0.39, 0.29) is 19.0 Å². The van der Waals surface area contributed by atoms with Crippen molar-refractivity contribution in [3.8, 4) is 34.1 Å². The molecule has 0 saturated heterocycles. The van der Waals surface area contributed by atoms with Crippen LogP contribution in [-0.4, -0.2) is 26.0 Å². The van der Waals surface area contributed by atoms with Crippen molar-refractivity contribution in [2.75, 3.05) is 14.2 Å². The van der Waals surface area contributed by atoms with Gasteiger partial charge in [0.05, 0.1) is 14.2 Å². The van der Waals surface area contributed by atoms with Gasteiger partial charge in [0.15, 0.2) is 8.16 Å². The predicted molar refractivity (Wildman–Crippen MR) is 144 cm³/mol. The van der Waals surface area contributed by atoms with Gasteiger partial charge in [-0.2, -0.15) is 0 Å². The van der Waals surface area contributed by atoms with E-state index in [2.05, 4.69) is 20.8 Å². The van der Waals surface area contributed by atoms with Gasteiger partial charge in [0, 0.05) is 22.3 Å². The lowest BCUT2D eigenvalue weighted by Gasteiger charge is -2.28. The molecule has 0 spiro atoms.